The van der Waals surface area contributed by atoms with Crippen LogP contribution in [0.2, 0.25) is 0 Å². The van der Waals surface area contributed by atoms with Crippen LogP contribution in [-0.2, 0) is 17.4 Å². The lowest BCUT2D eigenvalue weighted by atomic mass is 10.0. The van der Waals surface area contributed by atoms with Gasteiger partial charge in [-0.15, -0.1) is 0 Å². The minimum atomic E-state index is -0.457. The molecule has 0 aromatic carbocycles. The van der Waals surface area contributed by atoms with E-state index in [1.807, 2.05) is 24.7 Å². The van der Waals surface area contributed by atoms with Crippen molar-refractivity contribution in [3.63, 3.8) is 0 Å². The second kappa shape index (κ2) is 3.25. The first kappa shape index (κ1) is 9.22. The average Bonchev–Trinajstić information content (AvgIpc) is 2.51. The topological polar surface area (TPSA) is 53.1 Å². The minimum absolute atomic E-state index is 0.431. The van der Waals surface area contributed by atoms with Crippen molar-refractivity contribution < 1.29 is 4.74 Å². The van der Waals surface area contributed by atoms with Crippen molar-refractivity contribution in [2.24, 2.45) is 12.8 Å². The fourth-order valence-electron chi connectivity index (χ4n) is 0.978. The van der Waals surface area contributed by atoms with Gasteiger partial charge in [-0.05, 0) is 6.92 Å². The number of imidazole rings is 1. The van der Waals surface area contributed by atoms with Gasteiger partial charge in [-0.2, -0.15) is 0 Å². The van der Waals surface area contributed by atoms with E-state index in [4.69, 9.17) is 10.5 Å². The van der Waals surface area contributed by atoms with Crippen molar-refractivity contribution in [3.05, 3.63) is 18.2 Å². The van der Waals surface area contributed by atoms with Crippen LogP contribution in [0.25, 0.3) is 0 Å². The number of nitrogens with zero attached hydrogens (tertiary/aromatic N) is 2. The Balaban J connectivity index is 2.94. The maximum absolute atomic E-state index is 5.58. The third kappa shape index (κ3) is 1.49. The zero-order valence-electron chi connectivity index (χ0n) is 7.74. The fraction of sp³-hybridized carbons (Fsp3) is 0.625. The van der Waals surface area contributed by atoms with Gasteiger partial charge in [0.1, 0.15) is 5.60 Å². The Morgan fingerprint density at radius 3 is 2.75 bits per heavy atom. The summed E-state index contributed by atoms with van der Waals surface area (Å²) >= 11 is 0. The summed E-state index contributed by atoms with van der Waals surface area (Å²) in [5, 5.41) is 0. The molecule has 0 aliphatic carbocycles. The predicted octanol–water partition coefficient (Wildman–Crippen LogP) is 0.240. The maximum atomic E-state index is 5.58. The molecular formula is C8H15N3O. The van der Waals surface area contributed by atoms with Crippen LogP contribution < -0.4 is 5.73 Å². The SMILES string of the molecule is COC(C)(CN)c1cn(C)cn1. The van der Waals surface area contributed by atoms with E-state index in [1.165, 1.54) is 0 Å². The number of ether oxygens (including phenoxy) is 1. The highest BCUT2D eigenvalue weighted by Crippen LogP contribution is 2.20. The first-order valence-electron chi connectivity index (χ1n) is 3.86. The summed E-state index contributed by atoms with van der Waals surface area (Å²) in [6, 6.07) is 0. The van der Waals surface area contributed by atoms with Crippen LogP contribution in [0.5, 0.6) is 0 Å². The van der Waals surface area contributed by atoms with Crippen LogP contribution >= 0.6 is 0 Å². The molecule has 0 spiro atoms. The number of nitrogens with two attached hydrogens (primary N) is 1. The molecule has 1 aromatic heterocycles. The van der Waals surface area contributed by atoms with Crippen molar-refractivity contribution >= 4 is 0 Å². The van der Waals surface area contributed by atoms with Gasteiger partial charge in [0, 0.05) is 26.9 Å². The van der Waals surface area contributed by atoms with Gasteiger partial charge >= 0.3 is 0 Å². The first-order chi connectivity index (χ1) is 5.62. The van der Waals surface area contributed by atoms with Crippen LogP contribution in [0.3, 0.4) is 0 Å². The molecule has 0 aliphatic heterocycles. The normalized spacial score (nSPS) is 16.0. The molecule has 1 heterocycles. The number of hydrogen-bond acceptors (Lipinski definition) is 3. The molecule has 4 heteroatoms. The van der Waals surface area contributed by atoms with E-state index in [9.17, 15) is 0 Å². The van der Waals surface area contributed by atoms with Gasteiger partial charge in [0.2, 0.25) is 0 Å². The van der Waals surface area contributed by atoms with Gasteiger partial charge in [-0.25, -0.2) is 4.98 Å². The summed E-state index contributed by atoms with van der Waals surface area (Å²) in [4.78, 5) is 4.19. The number of aromatic nitrogens is 2. The van der Waals surface area contributed by atoms with Crippen LogP contribution in [0.4, 0.5) is 0 Å². The third-order valence-corrected chi connectivity index (χ3v) is 2.09. The molecule has 0 amide bonds. The van der Waals surface area contributed by atoms with E-state index in [1.54, 1.807) is 13.4 Å². The standard InChI is InChI=1S/C8H15N3O/c1-8(5-9,12-3)7-4-11(2)6-10-7/h4,6H,5,9H2,1-3H3. The van der Waals surface area contributed by atoms with Crippen molar-refractivity contribution in [2.45, 2.75) is 12.5 Å². The minimum Gasteiger partial charge on any atom is -0.371 e. The predicted molar refractivity (Wildman–Crippen MR) is 46.6 cm³/mol. The van der Waals surface area contributed by atoms with Crippen LogP contribution in [0.1, 0.15) is 12.6 Å². The molecule has 0 fully saturated rings. The molecule has 0 saturated carbocycles. The summed E-state index contributed by atoms with van der Waals surface area (Å²) < 4.78 is 7.16. The highest BCUT2D eigenvalue weighted by molar-refractivity contribution is 5.08. The maximum Gasteiger partial charge on any atom is 0.120 e. The molecule has 2 N–H and O–H groups in total. The lowest BCUT2D eigenvalue weighted by Gasteiger charge is -2.23. The molecule has 68 valence electrons. The summed E-state index contributed by atoms with van der Waals surface area (Å²) in [7, 11) is 3.56. The first-order valence-corrected chi connectivity index (χ1v) is 3.86. The van der Waals surface area contributed by atoms with Crippen LogP contribution in [-0.4, -0.2) is 23.2 Å². The smallest absolute Gasteiger partial charge is 0.120 e. The number of methoxy groups -OCH3 is 1. The van der Waals surface area contributed by atoms with Gasteiger partial charge in [-0.3, -0.25) is 0 Å². The third-order valence-electron chi connectivity index (χ3n) is 2.09. The summed E-state index contributed by atoms with van der Waals surface area (Å²) in [5.74, 6) is 0. The van der Waals surface area contributed by atoms with Gasteiger partial charge in [0.15, 0.2) is 0 Å². The van der Waals surface area contributed by atoms with E-state index < -0.39 is 5.60 Å². The second-order valence-electron chi connectivity index (χ2n) is 3.06. The lowest BCUT2D eigenvalue weighted by molar-refractivity contribution is 0.00667. The van der Waals surface area contributed by atoms with E-state index in [0.717, 1.165) is 5.69 Å². The molecule has 0 bridgehead atoms. The molecule has 0 aliphatic rings. The molecule has 0 saturated heterocycles. The Labute approximate surface area is 72.3 Å². The lowest BCUT2D eigenvalue weighted by Crippen LogP contribution is -2.34. The molecule has 1 aromatic rings. The van der Waals surface area contributed by atoms with E-state index in [0.29, 0.717) is 6.54 Å². The molecule has 1 unspecified atom stereocenters. The fourth-order valence-corrected chi connectivity index (χ4v) is 0.978. The van der Waals surface area contributed by atoms with Gasteiger partial charge in [0.05, 0.1) is 12.0 Å². The molecule has 0 radical (unpaired) electrons. The molecule has 1 rings (SSSR count). The monoisotopic (exact) mass is 169 g/mol. The summed E-state index contributed by atoms with van der Waals surface area (Å²) in [6.45, 7) is 2.36. The van der Waals surface area contributed by atoms with E-state index >= 15 is 0 Å². The zero-order chi connectivity index (χ0) is 9.19. The quantitative estimate of drug-likeness (QED) is 0.705. The molecule has 12 heavy (non-hydrogen) atoms. The largest absolute Gasteiger partial charge is 0.371 e. The zero-order valence-corrected chi connectivity index (χ0v) is 7.74. The van der Waals surface area contributed by atoms with Gasteiger partial charge in [-0.1, -0.05) is 0 Å². The van der Waals surface area contributed by atoms with E-state index in [-0.39, 0.29) is 0 Å². The Morgan fingerprint density at radius 1 is 1.75 bits per heavy atom. The Morgan fingerprint density at radius 2 is 2.42 bits per heavy atom. The van der Waals surface area contributed by atoms with Crippen molar-refractivity contribution in [3.8, 4) is 0 Å². The average molecular weight is 169 g/mol. The van der Waals surface area contributed by atoms with Gasteiger partial charge in [0.25, 0.3) is 0 Å². The number of rotatable bonds is 3. The van der Waals surface area contributed by atoms with E-state index in [2.05, 4.69) is 4.98 Å². The van der Waals surface area contributed by atoms with Crippen LogP contribution in [0, 0.1) is 0 Å². The van der Waals surface area contributed by atoms with Gasteiger partial charge < -0.3 is 15.0 Å². The molecular weight excluding hydrogens is 154 g/mol. The highest BCUT2D eigenvalue weighted by Gasteiger charge is 2.26. The van der Waals surface area contributed by atoms with Crippen molar-refractivity contribution in [1.29, 1.82) is 0 Å². The number of hydrogen-bond donors (Lipinski definition) is 1. The van der Waals surface area contributed by atoms with Crippen molar-refractivity contribution in [2.75, 3.05) is 13.7 Å². The second-order valence-corrected chi connectivity index (χ2v) is 3.06. The van der Waals surface area contributed by atoms with Crippen molar-refractivity contribution in [1.82, 2.24) is 9.55 Å². The van der Waals surface area contributed by atoms with Crippen LogP contribution in [0.15, 0.2) is 12.5 Å². The Hall–Kier alpha value is -0.870. The Bertz CT molecular complexity index is 253. The summed E-state index contributed by atoms with van der Waals surface area (Å²) in [6.07, 6.45) is 3.65. The summed E-state index contributed by atoms with van der Waals surface area (Å²) in [5.41, 5.74) is 6.00. The Kier molecular flexibility index (Phi) is 2.49. The molecule has 4 nitrogen and oxygen atoms in total. The number of aryl methyl sites for hydroxylation is 1. The highest BCUT2D eigenvalue weighted by atomic mass is 16.5. The molecule has 1 atom stereocenters.